The van der Waals surface area contributed by atoms with Gasteiger partial charge < -0.3 is 25.2 Å². The molecule has 0 aromatic carbocycles. The summed E-state index contributed by atoms with van der Waals surface area (Å²) in [6.07, 6.45) is -7.67. The fourth-order valence-electron chi connectivity index (χ4n) is 2.44. The van der Waals surface area contributed by atoms with Gasteiger partial charge in [-0.15, -0.1) is 5.10 Å². The Morgan fingerprint density at radius 1 is 1.18 bits per heavy atom. The van der Waals surface area contributed by atoms with E-state index in [1.807, 2.05) is 5.10 Å². The van der Waals surface area contributed by atoms with E-state index in [2.05, 4.69) is 15.3 Å². The van der Waals surface area contributed by atoms with Gasteiger partial charge in [0.25, 0.3) is 5.56 Å². The summed E-state index contributed by atoms with van der Waals surface area (Å²) in [6, 6.07) is 0. The summed E-state index contributed by atoms with van der Waals surface area (Å²) in [6.45, 7) is -0.658. The number of nitrogens with one attached hydrogen (secondary N) is 2. The molecule has 1 fully saturated rings. The van der Waals surface area contributed by atoms with E-state index in [-0.39, 0.29) is 11.2 Å². The summed E-state index contributed by atoms with van der Waals surface area (Å²) in [7, 11) is 0. The maximum absolute atomic E-state index is 12.0. The van der Waals surface area contributed by atoms with Crippen LogP contribution < -0.4 is 11.2 Å². The molecule has 0 radical (unpaired) electrons. The highest BCUT2D eigenvalue weighted by Gasteiger charge is 2.45. The predicted molar refractivity (Wildman–Crippen MR) is 67.8 cm³/mol. The number of aliphatic hydroxyl groups is 4. The van der Waals surface area contributed by atoms with Gasteiger partial charge in [0.2, 0.25) is 0 Å². The second-order valence-corrected chi connectivity index (χ2v) is 4.86. The van der Waals surface area contributed by atoms with Crippen LogP contribution in [-0.4, -0.2) is 76.4 Å². The van der Waals surface area contributed by atoms with Crippen molar-refractivity contribution in [1.29, 1.82) is 0 Å². The average molecular weight is 315 g/mol. The van der Waals surface area contributed by atoms with E-state index in [1.54, 1.807) is 0 Å². The van der Waals surface area contributed by atoms with E-state index >= 15 is 0 Å². The molecule has 2 aromatic heterocycles. The minimum atomic E-state index is -1.71. The number of aromatic amines is 2. The van der Waals surface area contributed by atoms with Crippen molar-refractivity contribution in [2.24, 2.45) is 0 Å². The lowest BCUT2D eigenvalue weighted by Crippen LogP contribution is -2.57. The molecule has 0 amide bonds. The zero-order valence-corrected chi connectivity index (χ0v) is 10.9. The minimum Gasteiger partial charge on any atom is -0.394 e. The Kier molecular flexibility index (Phi) is 3.54. The number of H-pyrrole nitrogens is 2. The van der Waals surface area contributed by atoms with Gasteiger partial charge >= 0.3 is 5.69 Å². The summed E-state index contributed by atoms with van der Waals surface area (Å²) in [5.41, 5.74) is -1.97. The lowest BCUT2D eigenvalue weighted by Gasteiger charge is -2.40. The first-order valence-corrected chi connectivity index (χ1v) is 6.31. The van der Waals surface area contributed by atoms with Crippen molar-refractivity contribution in [3.63, 3.8) is 0 Å². The van der Waals surface area contributed by atoms with Crippen molar-refractivity contribution >= 4 is 11.2 Å². The van der Waals surface area contributed by atoms with E-state index in [0.717, 1.165) is 4.57 Å². The second-order valence-electron chi connectivity index (χ2n) is 4.86. The number of imidazole rings is 1. The van der Waals surface area contributed by atoms with Gasteiger partial charge in [-0.1, -0.05) is 5.21 Å². The monoisotopic (exact) mass is 315 g/mol. The van der Waals surface area contributed by atoms with Crippen LogP contribution in [0.15, 0.2) is 9.59 Å². The summed E-state index contributed by atoms with van der Waals surface area (Å²) < 4.78 is 6.01. The van der Waals surface area contributed by atoms with Gasteiger partial charge in [0.1, 0.15) is 24.4 Å². The predicted octanol–water partition coefficient (Wildman–Crippen LogP) is -4.22. The van der Waals surface area contributed by atoms with Crippen molar-refractivity contribution in [2.45, 2.75) is 30.6 Å². The highest BCUT2D eigenvalue weighted by molar-refractivity contribution is 5.68. The summed E-state index contributed by atoms with van der Waals surface area (Å²) in [4.78, 5) is 26.1. The van der Waals surface area contributed by atoms with Crippen LogP contribution in [0.1, 0.15) is 6.23 Å². The van der Waals surface area contributed by atoms with Gasteiger partial charge in [0, 0.05) is 0 Å². The summed E-state index contributed by atoms with van der Waals surface area (Å²) >= 11 is 0. The van der Waals surface area contributed by atoms with Crippen LogP contribution in [-0.2, 0) is 4.74 Å². The molecular weight excluding hydrogens is 302 g/mol. The van der Waals surface area contributed by atoms with Crippen molar-refractivity contribution in [3.05, 3.63) is 20.8 Å². The number of aliphatic hydroxyl groups excluding tert-OH is 4. The maximum Gasteiger partial charge on any atom is 0.330 e. The Bertz CT molecular complexity index is 795. The van der Waals surface area contributed by atoms with Crippen molar-refractivity contribution in [2.75, 3.05) is 6.61 Å². The van der Waals surface area contributed by atoms with Gasteiger partial charge in [0.15, 0.2) is 17.4 Å². The molecule has 120 valence electrons. The molecule has 0 aliphatic carbocycles. The van der Waals surface area contributed by atoms with Crippen LogP contribution in [0.3, 0.4) is 0 Å². The SMILES string of the molecule is O=c1[nH]nnc2[nH]c(=O)n([C@H]3OC(CO)[C@H](O)[C@@H](O)[C@@H]3O)c12. The highest BCUT2D eigenvalue weighted by atomic mass is 16.6. The Morgan fingerprint density at radius 3 is 2.59 bits per heavy atom. The van der Waals surface area contributed by atoms with E-state index < -0.39 is 48.5 Å². The minimum absolute atomic E-state index is 0.134. The molecule has 5 atom stereocenters. The van der Waals surface area contributed by atoms with Crippen molar-refractivity contribution < 1.29 is 25.2 Å². The molecule has 2 aromatic rings. The first kappa shape index (κ1) is 14.8. The second kappa shape index (κ2) is 5.26. The lowest BCUT2D eigenvalue weighted by atomic mass is 9.98. The third kappa shape index (κ3) is 2.05. The molecule has 12 nitrogen and oxygen atoms in total. The fourth-order valence-corrected chi connectivity index (χ4v) is 2.44. The zero-order chi connectivity index (χ0) is 16.0. The zero-order valence-electron chi connectivity index (χ0n) is 10.9. The van der Waals surface area contributed by atoms with Gasteiger partial charge in [-0.2, -0.15) is 0 Å². The number of aromatic nitrogens is 5. The van der Waals surface area contributed by atoms with Gasteiger partial charge in [-0.3, -0.25) is 14.3 Å². The van der Waals surface area contributed by atoms with Crippen LogP contribution in [0.5, 0.6) is 0 Å². The standard InChI is InChI=1S/C10H13N5O7/c16-1-2-4(17)5(18)6(19)9(22-2)15-3-7(11-10(15)21)12-14-13-8(3)20/h2,4-6,9,16-19H,1H2,(H2,11,12,13,20,21)/t2?,4-,5+,6-,9-/m0/s1. The molecule has 0 spiro atoms. The van der Waals surface area contributed by atoms with E-state index in [9.17, 15) is 24.9 Å². The van der Waals surface area contributed by atoms with Crippen molar-refractivity contribution in [3.8, 4) is 0 Å². The molecule has 3 heterocycles. The number of hydrogen-bond acceptors (Lipinski definition) is 9. The molecule has 0 saturated carbocycles. The Hall–Kier alpha value is -2.12. The molecule has 22 heavy (non-hydrogen) atoms. The summed E-state index contributed by atoms with van der Waals surface area (Å²) in [5, 5.41) is 47.5. The Labute approximate surface area is 120 Å². The smallest absolute Gasteiger partial charge is 0.330 e. The largest absolute Gasteiger partial charge is 0.394 e. The Morgan fingerprint density at radius 2 is 1.91 bits per heavy atom. The quantitative estimate of drug-likeness (QED) is 0.319. The van der Waals surface area contributed by atoms with E-state index in [1.165, 1.54) is 0 Å². The highest BCUT2D eigenvalue weighted by Crippen LogP contribution is 2.28. The van der Waals surface area contributed by atoms with Crippen LogP contribution in [0.4, 0.5) is 0 Å². The van der Waals surface area contributed by atoms with Crippen LogP contribution in [0.2, 0.25) is 0 Å². The topological polar surface area (TPSA) is 187 Å². The third-order valence-corrected chi connectivity index (χ3v) is 3.55. The van der Waals surface area contributed by atoms with Crippen molar-refractivity contribution in [1.82, 2.24) is 25.0 Å². The molecule has 6 N–H and O–H groups in total. The molecular formula is C10H13N5O7. The van der Waals surface area contributed by atoms with E-state index in [0.29, 0.717) is 0 Å². The molecule has 3 rings (SSSR count). The first-order valence-electron chi connectivity index (χ1n) is 6.31. The van der Waals surface area contributed by atoms with Gasteiger partial charge in [-0.25, -0.2) is 9.89 Å². The average Bonchev–Trinajstić information content (AvgIpc) is 2.83. The molecule has 1 aliphatic rings. The Balaban J connectivity index is 2.16. The number of hydrogen-bond donors (Lipinski definition) is 6. The first-order chi connectivity index (χ1) is 10.5. The molecule has 12 heteroatoms. The normalized spacial score (nSPS) is 32.5. The number of ether oxygens (including phenoxy) is 1. The molecule has 1 unspecified atom stereocenters. The molecule has 1 saturated heterocycles. The maximum atomic E-state index is 12.0. The van der Waals surface area contributed by atoms with Crippen LogP contribution in [0, 0.1) is 0 Å². The number of rotatable bonds is 2. The van der Waals surface area contributed by atoms with Crippen LogP contribution in [0.25, 0.3) is 11.2 Å². The van der Waals surface area contributed by atoms with Crippen LogP contribution >= 0.6 is 0 Å². The third-order valence-electron chi connectivity index (χ3n) is 3.55. The molecule has 0 bridgehead atoms. The van der Waals surface area contributed by atoms with Gasteiger partial charge in [-0.05, 0) is 0 Å². The summed E-state index contributed by atoms with van der Waals surface area (Å²) in [5.74, 6) is 0. The van der Waals surface area contributed by atoms with Gasteiger partial charge in [0.05, 0.1) is 6.61 Å². The van der Waals surface area contributed by atoms with E-state index in [4.69, 9.17) is 9.84 Å². The number of nitrogens with zero attached hydrogens (tertiary/aromatic N) is 3. The number of fused-ring (bicyclic) bond motifs is 1. The lowest BCUT2D eigenvalue weighted by molar-refractivity contribution is -0.251. The molecule has 1 aliphatic heterocycles. The fraction of sp³-hybridized carbons (Fsp3) is 0.600.